The van der Waals surface area contributed by atoms with E-state index in [1.807, 2.05) is 6.07 Å². The lowest BCUT2D eigenvalue weighted by atomic mass is 10.2. The van der Waals surface area contributed by atoms with E-state index in [1.165, 1.54) is 6.92 Å². The first-order valence-electron chi connectivity index (χ1n) is 4.66. The smallest absolute Gasteiger partial charge is 0.135 e. The fourth-order valence-corrected chi connectivity index (χ4v) is 1.27. The summed E-state index contributed by atoms with van der Waals surface area (Å²) in [4.78, 5) is 15.1. The second-order valence-electron chi connectivity index (χ2n) is 3.35. The number of benzene rings is 1. The molecule has 0 aliphatic rings. The molecule has 0 amide bonds. The van der Waals surface area contributed by atoms with Crippen molar-refractivity contribution in [3.8, 4) is 6.07 Å². The highest BCUT2D eigenvalue weighted by atomic mass is 16.1. The molecule has 0 saturated carbocycles. The summed E-state index contributed by atoms with van der Waals surface area (Å²) in [6, 6.07) is 9.15. The maximum Gasteiger partial charge on any atom is 0.135 e. The van der Waals surface area contributed by atoms with Crippen molar-refractivity contribution >= 4 is 17.2 Å². The Morgan fingerprint density at radius 3 is 2.67 bits per heavy atom. The first-order valence-corrected chi connectivity index (χ1v) is 4.66. The largest absolute Gasteiger partial charge is 0.300 e. The molecule has 1 aromatic rings. The van der Waals surface area contributed by atoms with Crippen molar-refractivity contribution in [3.63, 3.8) is 0 Å². The minimum Gasteiger partial charge on any atom is -0.300 e. The van der Waals surface area contributed by atoms with E-state index in [-0.39, 0.29) is 5.78 Å². The van der Waals surface area contributed by atoms with Crippen molar-refractivity contribution in [3.05, 3.63) is 29.8 Å². The van der Waals surface area contributed by atoms with E-state index in [1.54, 1.807) is 25.1 Å². The Hall–Kier alpha value is -1.95. The Kier molecular flexibility index (Phi) is 3.75. The zero-order valence-electron chi connectivity index (χ0n) is 8.82. The van der Waals surface area contributed by atoms with Gasteiger partial charge >= 0.3 is 0 Å². The van der Waals surface area contributed by atoms with Crippen LogP contribution in [-0.4, -0.2) is 11.5 Å². The molecule has 0 N–H and O–H groups in total. The van der Waals surface area contributed by atoms with Gasteiger partial charge in [0.15, 0.2) is 0 Å². The van der Waals surface area contributed by atoms with Gasteiger partial charge in [-0.25, -0.2) is 0 Å². The van der Waals surface area contributed by atoms with E-state index in [4.69, 9.17) is 5.26 Å². The van der Waals surface area contributed by atoms with Crippen LogP contribution < -0.4 is 0 Å². The van der Waals surface area contributed by atoms with Crippen LogP contribution in [0.5, 0.6) is 0 Å². The zero-order valence-corrected chi connectivity index (χ0v) is 8.82. The van der Waals surface area contributed by atoms with Gasteiger partial charge in [-0.3, -0.25) is 9.79 Å². The lowest BCUT2D eigenvalue weighted by molar-refractivity contribution is -0.115. The van der Waals surface area contributed by atoms with E-state index in [9.17, 15) is 4.79 Å². The molecular formula is C12H12N2O. The molecule has 3 nitrogen and oxygen atoms in total. The summed E-state index contributed by atoms with van der Waals surface area (Å²) >= 11 is 0. The zero-order chi connectivity index (χ0) is 11.3. The first kappa shape index (κ1) is 11.1. The molecule has 0 aliphatic heterocycles. The van der Waals surface area contributed by atoms with Crippen LogP contribution in [0, 0.1) is 11.3 Å². The van der Waals surface area contributed by atoms with Crippen LogP contribution in [0.1, 0.15) is 25.8 Å². The Labute approximate surface area is 89.1 Å². The molecule has 0 bridgehead atoms. The number of carbonyl (C=O) groups excluding carboxylic acids is 1. The lowest BCUT2D eigenvalue weighted by Crippen LogP contribution is -1.99. The van der Waals surface area contributed by atoms with Crippen LogP contribution in [0.25, 0.3) is 0 Å². The summed E-state index contributed by atoms with van der Waals surface area (Å²) in [5, 5.41) is 8.83. The highest BCUT2D eigenvalue weighted by molar-refractivity contribution is 6.00. The van der Waals surface area contributed by atoms with Crippen molar-refractivity contribution in [1.29, 1.82) is 5.26 Å². The van der Waals surface area contributed by atoms with Crippen LogP contribution in [0.3, 0.4) is 0 Å². The van der Waals surface area contributed by atoms with E-state index < -0.39 is 0 Å². The number of nitrogens with zero attached hydrogens (tertiary/aromatic N) is 2. The quantitative estimate of drug-likeness (QED) is 0.704. The summed E-state index contributed by atoms with van der Waals surface area (Å²) in [6.45, 7) is 3.31. The molecule has 0 radical (unpaired) electrons. The van der Waals surface area contributed by atoms with Gasteiger partial charge < -0.3 is 0 Å². The molecule has 0 aromatic heterocycles. The van der Waals surface area contributed by atoms with Crippen molar-refractivity contribution < 1.29 is 4.79 Å². The van der Waals surface area contributed by atoms with Crippen molar-refractivity contribution in [2.45, 2.75) is 20.3 Å². The standard InChI is InChI=1S/C12H12N2O/c1-9(7-10(2)15)14-12-6-4-3-5-11(12)8-13/h3-6H,7H2,1-2H3. The average Bonchev–Trinajstić information content (AvgIpc) is 2.17. The fraction of sp³-hybridized carbons (Fsp3) is 0.250. The van der Waals surface area contributed by atoms with Gasteiger partial charge in [-0.05, 0) is 26.0 Å². The van der Waals surface area contributed by atoms with Gasteiger partial charge in [0.25, 0.3) is 0 Å². The lowest BCUT2D eigenvalue weighted by Gasteiger charge is -1.99. The molecule has 0 unspecified atom stereocenters. The molecule has 0 heterocycles. The number of rotatable bonds is 3. The van der Waals surface area contributed by atoms with Crippen LogP contribution in [0.2, 0.25) is 0 Å². The van der Waals surface area contributed by atoms with Gasteiger partial charge in [-0.1, -0.05) is 12.1 Å². The first-order chi connectivity index (χ1) is 7.13. The summed E-state index contributed by atoms with van der Waals surface area (Å²) in [5.41, 5.74) is 1.88. The van der Waals surface area contributed by atoms with E-state index in [0.717, 1.165) is 5.71 Å². The molecule has 0 fully saturated rings. The Balaban J connectivity index is 2.98. The minimum absolute atomic E-state index is 0.0747. The normalized spacial score (nSPS) is 10.9. The predicted molar refractivity (Wildman–Crippen MR) is 59.2 cm³/mol. The molecule has 0 aliphatic carbocycles. The SMILES string of the molecule is CC(=O)CC(C)=Nc1ccccc1C#N. The highest BCUT2D eigenvalue weighted by Crippen LogP contribution is 2.17. The Bertz CT molecular complexity index is 441. The minimum atomic E-state index is 0.0747. The highest BCUT2D eigenvalue weighted by Gasteiger charge is 2.01. The number of hydrogen-bond acceptors (Lipinski definition) is 3. The van der Waals surface area contributed by atoms with E-state index in [0.29, 0.717) is 17.7 Å². The Morgan fingerprint density at radius 2 is 2.07 bits per heavy atom. The molecular weight excluding hydrogens is 188 g/mol. The molecule has 1 aromatic carbocycles. The van der Waals surface area contributed by atoms with Crippen LogP contribution in [0.4, 0.5) is 5.69 Å². The number of nitriles is 1. The number of ketones is 1. The Morgan fingerprint density at radius 1 is 1.40 bits per heavy atom. The summed E-state index contributed by atoms with van der Waals surface area (Å²) in [5.74, 6) is 0.0747. The summed E-state index contributed by atoms with van der Waals surface area (Å²) in [7, 11) is 0. The molecule has 15 heavy (non-hydrogen) atoms. The van der Waals surface area contributed by atoms with Crippen molar-refractivity contribution in [2.75, 3.05) is 0 Å². The predicted octanol–water partition coefficient (Wildman–Crippen LogP) is 2.63. The number of aliphatic imine (C=N–C) groups is 1. The van der Waals surface area contributed by atoms with Gasteiger partial charge in [0.2, 0.25) is 0 Å². The third-order valence-electron chi connectivity index (χ3n) is 1.84. The maximum atomic E-state index is 10.9. The van der Waals surface area contributed by atoms with Gasteiger partial charge in [0.1, 0.15) is 11.9 Å². The van der Waals surface area contributed by atoms with Crippen LogP contribution in [0.15, 0.2) is 29.3 Å². The monoisotopic (exact) mass is 200 g/mol. The topological polar surface area (TPSA) is 53.2 Å². The average molecular weight is 200 g/mol. The molecule has 0 spiro atoms. The van der Waals surface area contributed by atoms with Gasteiger partial charge in [-0.2, -0.15) is 5.26 Å². The molecule has 0 saturated heterocycles. The summed E-state index contributed by atoms with van der Waals surface area (Å²) in [6.07, 6.45) is 0.333. The van der Waals surface area contributed by atoms with Gasteiger partial charge in [-0.15, -0.1) is 0 Å². The van der Waals surface area contributed by atoms with Gasteiger partial charge in [0, 0.05) is 12.1 Å². The van der Waals surface area contributed by atoms with E-state index in [2.05, 4.69) is 11.1 Å². The second kappa shape index (κ2) is 5.06. The van der Waals surface area contributed by atoms with Crippen molar-refractivity contribution in [1.82, 2.24) is 0 Å². The maximum absolute atomic E-state index is 10.9. The number of para-hydroxylation sites is 1. The second-order valence-corrected chi connectivity index (χ2v) is 3.35. The molecule has 1 rings (SSSR count). The van der Waals surface area contributed by atoms with Crippen LogP contribution in [-0.2, 0) is 4.79 Å². The van der Waals surface area contributed by atoms with Crippen molar-refractivity contribution in [2.24, 2.45) is 4.99 Å². The molecule has 76 valence electrons. The van der Waals surface area contributed by atoms with Gasteiger partial charge in [0.05, 0.1) is 11.3 Å². The fourth-order valence-electron chi connectivity index (χ4n) is 1.27. The number of hydrogen-bond donors (Lipinski definition) is 0. The van der Waals surface area contributed by atoms with Crippen LogP contribution >= 0.6 is 0 Å². The third kappa shape index (κ3) is 3.35. The summed E-state index contributed by atoms with van der Waals surface area (Å²) < 4.78 is 0. The number of carbonyl (C=O) groups is 1. The number of Topliss-reactive ketones (excluding diaryl/α,β-unsaturated/α-hetero) is 1. The molecule has 3 heteroatoms. The van der Waals surface area contributed by atoms with E-state index >= 15 is 0 Å². The third-order valence-corrected chi connectivity index (χ3v) is 1.84. The molecule has 0 atom stereocenters.